The summed E-state index contributed by atoms with van der Waals surface area (Å²) >= 11 is 0. The molecule has 3 fully saturated rings. The van der Waals surface area contributed by atoms with Crippen molar-refractivity contribution >= 4 is 0 Å². The summed E-state index contributed by atoms with van der Waals surface area (Å²) < 4.78 is 11.4. The van der Waals surface area contributed by atoms with Crippen LogP contribution in [0.3, 0.4) is 0 Å². The van der Waals surface area contributed by atoms with Gasteiger partial charge in [-0.25, -0.2) is 0 Å². The summed E-state index contributed by atoms with van der Waals surface area (Å²) in [6, 6.07) is 0.805. The highest BCUT2D eigenvalue weighted by Crippen LogP contribution is 2.44. The van der Waals surface area contributed by atoms with Gasteiger partial charge in [0.15, 0.2) is 0 Å². The largest absolute Gasteiger partial charge is 0.377 e. The summed E-state index contributed by atoms with van der Waals surface area (Å²) in [5.74, 6) is 1.97. The van der Waals surface area contributed by atoms with Crippen molar-refractivity contribution in [2.24, 2.45) is 11.8 Å². The molecule has 3 rings (SSSR count). The van der Waals surface area contributed by atoms with E-state index in [1.54, 1.807) is 0 Å². The van der Waals surface area contributed by atoms with Gasteiger partial charge in [-0.1, -0.05) is 0 Å². The number of ether oxygens (including phenoxy) is 2. The van der Waals surface area contributed by atoms with E-state index in [1.165, 1.54) is 44.9 Å². The fourth-order valence-corrected chi connectivity index (χ4v) is 3.08. The van der Waals surface area contributed by atoms with Gasteiger partial charge in [0.1, 0.15) is 0 Å². The van der Waals surface area contributed by atoms with Crippen LogP contribution in [0.2, 0.25) is 0 Å². The lowest BCUT2D eigenvalue weighted by Crippen LogP contribution is -2.36. The van der Waals surface area contributed by atoms with E-state index in [-0.39, 0.29) is 0 Å². The first-order valence-corrected chi connectivity index (χ1v) is 7.86. The quantitative estimate of drug-likeness (QED) is 0.674. The maximum atomic E-state index is 5.74. The van der Waals surface area contributed by atoms with E-state index < -0.39 is 0 Å². The Bertz CT molecular complexity index is 233. The van der Waals surface area contributed by atoms with Gasteiger partial charge in [0.25, 0.3) is 0 Å². The molecular weight excluding hydrogens is 226 g/mol. The molecule has 2 aliphatic carbocycles. The van der Waals surface area contributed by atoms with Gasteiger partial charge in [0.2, 0.25) is 0 Å². The van der Waals surface area contributed by atoms with Gasteiger partial charge in [0.05, 0.1) is 19.3 Å². The number of rotatable bonds is 8. The molecule has 1 N–H and O–H groups in total. The standard InChI is InChI=1S/C15H27NO2/c1-2-9-18-14(3-1)11-17-10-8-16-15(12-4-5-12)13-6-7-13/h12-16H,1-11H2. The van der Waals surface area contributed by atoms with E-state index >= 15 is 0 Å². The minimum absolute atomic E-state index is 0.362. The molecule has 0 bridgehead atoms. The van der Waals surface area contributed by atoms with Crippen LogP contribution in [0.4, 0.5) is 0 Å². The Morgan fingerprint density at radius 3 is 2.44 bits per heavy atom. The first-order chi connectivity index (χ1) is 8.93. The molecule has 2 saturated carbocycles. The van der Waals surface area contributed by atoms with E-state index in [9.17, 15) is 0 Å². The molecule has 0 aromatic rings. The lowest BCUT2D eigenvalue weighted by molar-refractivity contribution is -0.0402. The molecular formula is C15H27NO2. The van der Waals surface area contributed by atoms with Gasteiger partial charge in [-0.2, -0.15) is 0 Å². The molecule has 104 valence electrons. The van der Waals surface area contributed by atoms with Gasteiger partial charge in [-0.3, -0.25) is 0 Å². The Morgan fingerprint density at radius 1 is 1.06 bits per heavy atom. The van der Waals surface area contributed by atoms with E-state index in [0.717, 1.165) is 44.2 Å². The highest BCUT2D eigenvalue weighted by molar-refractivity contribution is 4.96. The van der Waals surface area contributed by atoms with Crippen LogP contribution in [-0.2, 0) is 9.47 Å². The lowest BCUT2D eigenvalue weighted by Gasteiger charge is -2.23. The third-order valence-electron chi connectivity index (χ3n) is 4.46. The van der Waals surface area contributed by atoms with E-state index in [4.69, 9.17) is 9.47 Å². The topological polar surface area (TPSA) is 30.5 Å². The molecule has 1 heterocycles. The lowest BCUT2D eigenvalue weighted by atomic mass is 10.1. The molecule has 18 heavy (non-hydrogen) atoms. The van der Waals surface area contributed by atoms with Crippen LogP contribution < -0.4 is 5.32 Å². The normalized spacial score (nSPS) is 28.8. The average molecular weight is 253 g/mol. The monoisotopic (exact) mass is 253 g/mol. The average Bonchev–Trinajstić information content (AvgIpc) is 3.29. The fourth-order valence-electron chi connectivity index (χ4n) is 3.08. The molecule has 0 aromatic heterocycles. The highest BCUT2D eigenvalue weighted by Gasteiger charge is 2.40. The molecule has 1 unspecified atom stereocenters. The highest BCUT2D eigenvalue weighted by atomic mass is 16.5. The van der Waals surface area contributed by atoms with Gasteiger partial charge < -0.3 is 14.8 Å². The first-order valence-electron chi connectivity index (χ1n) is 7.86. The minimum Gasteiger partial charge on any atom is -0.377 e. The number of nitrogens with one attached hydrogen (secondary N) is 1. The smallest absolute Gasteiger partial charge is 0.0808 e. The summed E-state index contributed by atoms with van der Waals surface area (Å²) in [5, 5.41) is 3.72. The maximum Gasteiger partial charge on any atom is 0.0808 e. The molecule has 0 aromatic carbocycles. The molecule has 3 heteroatoms. The van der Waals surface area contributed by atoms with E-state index in [0.29, 0.717) is 6.10 Å². The molecule has 0 radical (unpaired) electrons. The predicted octanol–water partition coefficient (Wildman–Crippen LogP) is 2.35. The third-order valence-corrected chi connectivity index (χ3v) is 4.46. The minimum atomic E-state index is 0.362. The molecule has 1 saturated heterocycles. The summed E-state index contributed by atoms with van der Waals surface area (Å²) in [4.78, 5) is 0. The van der Waals surface area contributed by atoms with Crippen molar-refractivity contribution in [3.8, 4) is 0 Å². The van der Waals surface area contributed by atoms with E-state index in [1.807, 2.05) is 0 Å². The van der Waals surface area contributed by atoms with Gasteiger partial charge in [-0.05, 0) is 56.8 Å². The van der Waals surface area contributed by atoms with Gasteiger partial charge in [0, 0.05) is 19.2 Å². The van der Waals surface area contributed by atoms with Crippen LogP contribution in [0.15, 0.2) is 0 Å². The number of hydrogen-bond acceptors (Lipinski definition) is 3. The second-order valence-corrected chi connectivity index (χ2v) is 6.22. The first kappa shape index (κ1) is 12.9. The zero-order valence-corrected chi connectivity index (χ0v) is 11.4. The second-order valence-electron chi connectivity index (χ2n) is 6.22. The van der Waals surface area contributed by atoms with Crippen LogP contribution in [0.25, 0.3) is 0 Å². The summed E-state index contributed by atoms with van der Waals surface area (Å²) in [7, 11) is 0. The van der Waals surface area contributed by atoms with Crippen molar-refractivity contribution in [1.82, 2.24) is 5.32 Å². The van der Waals surface area contributed by atoms with Crippen molar-refractivity contribution in [2.75, 3.05) is 26.4 Å². The van der Waals surface area contributed by atoms with Crippen molar-refractivity contribution in [2.45, 2.75) is 57.1 Å². The molecule has 3 nitrogen and oxygen atoms in total. The Kier molecular flexibility index (Phi) is 4.55. The van der Waals surface area contributed by atoms with Crippen LogP contribution in [-0.4, -0.2) is 38.5 Å². The Labute approximate surface area is 111 Å². The second kappa shape index (κ2) is 6.36. The van der Waals surface area contributed by atoms with Crippen molar-refractivity contribution in [3.63, 3.8) is 0 Å². The SMILES string of the molecule is C1CCC(COCCNC(C2CC2)C2CC2)OC1. The van der Waals surface area contributed by atoms with Crippen LogP contribution in [0.1, 0.15) is 44.9 Å². The van der Waals surface area contributed by atoms with Crippen LogP contribution in [0.5, 0.6) is 0 Å². The molecule has 1 aliphatic heterocycles. The van der Waals surface area contributed by atoms with Crippen molar-refractivity contribution in [1.29, 1.82) is 0 Å². The van der Waals surface area contributed by atoms with Crippen molar-refractivity contribution < 1.29 is 9.47 Å². The predicted molar refractivity (Wildman–Crippen MR) is 71.6 cm³/mol. The molecule has 1 atom stereocenters. The third kappa shape index (κ3) is 3.94. The fraction of sp³-hybridized carbons (Fsp3) is 1.00. The zero-order valence-electron chi connectivity index (χ0n) is 11.4. The Balaban J connectivity index is 1.23. The molecule has 3 aliphatic rings. The number of hydrogen-bond donors (Lipinski definition) is 1. The summed E-state index contributed by atoms with van der Waals surface area (Å²) in [6.07, 6.45) is 9.87. The van der Waals surface area contributed by atoms with Gasteiger partial charge in [-0.15, -0.1) is 0 Å². The Morgan fingerprint density at radius 2 is 1.83 bits per heavy atom. The summed E-state index contributed by atoms with van der Waals surface area (Å²) in [5.41, 5.74) is 0. The van der Waals surface area contributed by atoms with E-state index in [2.05, 4.69) is 5.32 Å². The van der Waals surface area contributed by atoms with Gasteiger partial charge >= 0.3 is 0 Å². The Hall–Kier alpha value is -0.120. The maximum absolute atomic E-state index is 5.74. The van der Waals surface area contributed by atoms with Crippen molar-refractivity contribution in [3.05, 3.63) is 0 Å². The summed E-state index contributed by atoms with van der Waals surface area (Å²) in [6.45, 7) is 3.58. The molecule has 0 spiro atoms. The van der Waals surface area contributed by atoms with Crippen LogP contribution >= 0.6 is 0 Å². The van der Waals surface area contributed by atoms with Crippen LogP contribution in [0, 0.1) is 11.8 Å². The molecule has 0 amide bonds. The zero-order chi connectivity index (χ0) is 12.2.